The monoisotopic (exact) mass is 383 g/mol. The minimum Gasteiger partial charge on any atom is -0.353 e. The fourth-order valence-corrected chi connectivity index (χ4v) is 3.17. The zero-order chi connectivity index (χ0) is 19.9. The summed E-state index contributed by atoms with van der Waals surface area (Å²) in [6, 6.07) is 11.5. The van der Waals surface area contributed by atoms with Gasteiger partial charge in [0.15, 0.2) is 5.96 Å². The summed E-state index contributed by atoms with van der Waals surface area (Å²) < 4.78 is 13.9. The van der Waals surface area contributed by atoms with Crippen LogP contribution in [-0.2, 0) is 24.2 Å². The second-order valence-electron chi connectivity index (χ2n) is 7.09. The fraction of sp³-hybridized carbons (Fsp3) is 0.381. The SMILES string of the molecule is CN(C)C(=O)CNC(=NCc1ncccc1F)NC1CCc2ccccc2C1. The molecule has 0 aliphatic heterocycles. The highest BCUT2D eigenvalue weighted by Gasteiger charge is 2.19. The lowest BCUT2D eigenvalue weighted by atomic mass is 9.88. The van der Waals surface area contributed by atoms with Crippen LogP contribution in [0.15, 0.2) is 47.6 Å². The predicted molar refractivity (Wildman–Crippen MR) is 107 cm³/mol. The zero-order valence-electron chi connectivity index (χ0n) is 16.3. The number of halogens is 1. The molecule has 2 aromatic rings. The van der Waals surface area contributed by atoms with E-state index in [1.165, 1.54) is 22.1 Å². The number of guanidine groups is 1. The lowest BCUT2D eigenvalue weighted by Gasteiger charge is -2.27. The number of aromatic nitrogens is 1. The van der Waals surface area contributed by atoms with E-state index in [-0.39, 0.29) is 36.5 Å². The summed E-state index contributed by atoms with van der Waals surface area (Å²) in [6.07, 6.45) is 4.39. The molecule has 3 rings (SSSR count). The summed E-state index contributed by atoms with van der Waals surface area (Å²) in [6.45, 7) is 0.217. The Morgan fingerprint density at radius 2 is 2.04 bits per heavy atom. The molecule has 1 aliphatic carbocycles. The van der Waals surface area contributed by atoms with Gasteiger partial charge in [-0.2, -0.15) is 0 Å². The highest BCUT2D eigenvalue weighted by molar-refractivity contribution is 5.86. The quantitative estimate of drug-likeness (QED) is 0.611. The summed E-state index contributed by atoms with van der Waals surface area (Å²) in [5.74, 6) is 0.0405. The molecule has 1 aromatic heterocycles. The Labute approximate surface area is 164 Å². The molecule has 148 valence electrons. The average molecular weight is 383 g/mol. The predicted octanol–water partition coefficient (Wildman–Crippen LogP) is 1.90. The van der Waals surface area contributed by atoms with Gasteiger partial charge in [0, 0.05) is 26.3 Å². The first kappa shape index (κ1) is 19.8. The number of carbonyl (C=O) groups excluding carboxylic acids is 1. The number of nitrogens with one attached hydrogen (secondary N) is 2. The van der Waals surface area contributed by atoms with Crippen molar-refractivity contribution in [2.75, 3.05) is 20.6 Å². The van der Waals surface area contributed by atoms with Gasteiger partial charge in [0.05, 0.1) is 18.8 Å². The van der Waals surface area contributed by atoms with Crippen LogP contribution in [0.2, 0.25) is 0 Å². The lowest BCUT2D eigenvalue weighted by Crippen LogP contribution is -2.48. The number of aliphatic imine (C=N–C) groups is 1. The van der Waals surface area contributed by atoms with Crippen LogP contribution >= 0.6 is 0 Å². The maximum atomic E-state index is 13.9. The molecule has 1 heterocycles. The number of benzene rings is 1. The molecule has 1 amide bonds. The maximum Gasteiger partial charge on any atom is 0.241 e. The van der Waals surface area contributed by atoms with Gasteiger partial charge >= 0.3 is 0 Å². The molecule has 0 saturated carbocycles. The molecular formula is C21H26FN5O. The third-order valence-corrected chi connectivity index (χ3v) is 4.82. The van der Waals surface area contributed by atoms with E-state index in [2.05, 4.69) is 38.8 Å². The van der Waals surface area contributed by atoms with Crippen LogP contribution in [0.5, 0.6) is 0 Å². The van der Waals surface area contributed by atoms with E-state index in [4.69, 9.17) is 0 Å². The van der Waals surface area contributed by atoms with Crippen molar-refractivity contribution in [2.45, 2.75) is 31.8 Å². The van der Waals surface area contributed by atoms with Gasteiger partial charge in [0.25, 0.3) is 0 Å². The van der Waals surface area contributed by atoms with Crippen LogP contribution < -0.4 is 10.6 Å². The minimum atomic E-state index is -0.387. The molecule has 0 fully saturated rings. The van der Waals surface area contributed by atoms with Crippen molar-refractivity contribution in [1.82, 2.24) is 20.5 Å². The van der Waals surface area contributed by atoms with Crippen molar-refractivity contribution >= 4 is 11.9 Å². The number of hydrogen-bond donors (Lipinski definition) is 2. The molecule has 28 heavy (non-hydrogen) atoms. The first-order valence-electron chi connectivity index (χ1n) is 9.44. The highest BCUT2D eigenvalue weighted by atomic mass is 19.1. The number of amides is 1. The van der Waals surface area contributed by atoms with Crippen LogP contribution in [0.3, 0.4) is 0 Å². The van der Waals surface area contributed by atoms with Crippen molar-refractivity contribution < 1.29 is 9.18 Å². The Kier molecular flexibility index (Phi) is 6.57. The molecule has 7 heteroatoms. The van der Waals surface area contributed by atoms with E-state index in [9.17, 15) is 9.18 Å². The van der Waals surface area contributed by atoms with Gasteiger partial charge in [-0.3, -0.25) is 9.78 Å². The maximum absolute atomic E-state index is 13.9. The molecule has 1 unspecified atom stereocenters. The standard InChI is InChI=1S/C21H26FN5O/c1-27(2)20(28)14-25-21(24-13-19-18(22)8-5-11-23-19)26-17-10-9-15-6-3-4-7-16(15)12-17/h3-8,11,17H,9-10,12-14H2,1-2H3,(H2,24,25,26). The average Bonchev–Trinajstić information content (AvgIpc) is 2.70. The topological polar surface area (TPSA) is 69.6 Å². The summed E-state index contributed by atoms with van der Waals surface area (Å²) in [5, 5.41) is 6.46. The van der Waals surface area contributed by atoms with E-state index >= 15 is 0 Å². The summed E-state index contributed by atoms with van der Waals surface area (Å²) in [7, 11) is 3.41. The normalized spacial score (nSPS) is 16.2. The van der Waals surface area contributed by atoms with Crippen LogP contribution in [0, 0.1) is 5.82 Å². The Balaban J connectivity index is 1.69. The first-order valence-corrected chi connectivity index (χ1v) is 9.44. The highest BCUT2D eigenvalue weighted by Crippen LogP contribution is 2.21. The van der Waals surface area contributed by atoms with Crippen molar-refractivity contribution in [1.29, 1.82) is 0 Å². The van der Waals surface area contributed by atoms with Gasteiger partial charge in [-0.25, -0.2) is 9.38 Å². The van der Waals surface area contributed by atoms with E-state index < -0.39 is 0 Å². The number of carbonyl (C=O) groups is 1. The van der Waals surface area contributed by atoms with E-state index in [0.717, 1.165) is 19.3 Å². The molecule has 1 aromatic carbocycles. The Hall–Kier alpha value is -2.96. The zero-order valence-corrected chi connectivity index (χ0v) is 16.3. The number of likely N-dealkylation sites (N-methyl/N-ethyl adjacent to an activating group) is 1. The van der Waals surface area contributed by atoms with Crippen LogP contribution in [0.25, 0.3) is 0 Å². The third-order valence-electron chi connectivity index (χ3n) is 4.82. The second-order valence-corrected chi connectivity index (χ2v) is 7.09. The van der Waals surface area contributed by atoms with Gasteiger partial charge in [-0.05, 0) is 42.5 Å². The molecule has 0 radical (unpaired) electrons. The molecule has 2 N–H and O–H groups in total. The Morgan fingerprint density at radius 1 is 1.25 bits per heavy atom. The van der Waals surface area contributed by atoms with E-state index in [0.29, 0.717) is 5.96 Å². The summed E-state index contributed by atoms with van der Waals surface area (Å²) >= 11 is 0. The number of aryl methyl sites for hydroxylation is 1. The van der Waals surface area contributed by atoms with Crippen molar-refractivity contribution in [2.24, 2.45) is 4.99 Å². The molecular weight excluding hydrogens is 357 g/mol. The van der Waals surface area contributed by atoms with Gasteiger partial charge in [-0.15, -0.1) is 0 Å². The Bertz CT molecular complexity index is 852. The van der Waals surface area contributed by atoms with E-state index in [1.54, 1.807) is 26.4 Å². The number of fused-ring (bicyclic) bond motifs is 1. The summed E-state index contributed by atoms with van der Waals surface area (Å²) in [5.41, 5.74) is 2.98. The van der Waals surface area contributed by atoms with Crippen molar-refractivity contribution in [3.8, 4) is 0 Å². The molecule has 1 atom stereocenters. The largest absolute Gasteiger partial charge is 0.353 e. The van der Waals surface area contributed by atoms with Crippen molar-refractivity contribution in [3.63, 3.8) is 0 Å². The second kappa shape index (κ2) is 9.30. The van der Waals surface area contributed by atoms with Crippen molar-refractivity contribution in [3.05, 3.63) is 65.2 Å². The number of rotatable bonds is 5. The van der Waals surface area contributed by atoms with Gasteiger partial charge in [0.2, 0.25) is 5.91 Å². The third kappa shape index (κ3) is 5.28. The molecule has 0 saturated heterocycles. The molecule has 1 aliphatic rings. The number of hydrogen-bond acceptors (Lipinski definition) is 3. The number of pyridine rings is 1. The lowest BCUT2D eigenvalue weighted by molar-refractivity contribution is -0.127. The van der Waals surface area contributed by atoms with E-state index in [1.807, 2.05) is 6.07 Å². The minimum absolute atomic E-state index is 0.0625. The summed E-state index contributed by atoms with van der Waals surface area (Å²) in [4.78, 5) is 21.9. The van der Waals surface area contributed by atoms with Gasteiger partial charge < -0.3 is 15.5 Å². The molecule has 6 nitrogen and oxygen atoms in total. The smallest absolute Gasteiger partial charge is 0.241 e. The van der Waals surface area contributed by atoms with Gasteiger partial charge in [0.1, 0.15) is 5.82 Å². The van der Waals surface area contributed by atoms with Crippen LogP contribution in [-0.4, -0.2) is 48.4 Å². The fourth-order valence-electron chi connectivity index (χ4n) is 3.17. The first-order chi connectivity index (χ1) is 13.5. The number of nitrogens with zero attached hydrogens (tertiary/aromatic N) is 3. The molecule has 0 spiro atoms. The van der Waals surface area contributed by atoms with Crippen LogP contribution in [0.4, 0.5) is 4.39 Å². The van der Waals surface area contributed by atoms with Gasteiger partial charge in [-0.1, -0.05) is 24.3 Å². The molecule has 0 bridgehead atoms. The van der Waals surface area contributed by atoms with Crippen LogP contribution in [0.1, 0.15) is 23.2 Å². The Morgan fingerprint density at radius 3 is 2.79 bits per heavy atom.